The maximum Gasteiger partial charge on any atom is 0.155 e. The summed E-state index contributed by atoms with van der Waals surface area (Å²) in [7, 11) is 0. The Morgan fingerprint density at radius 1 is 1.30 bits per heavy atom. The van der Waals surface area contributed by atoms with Crippen molar-refractivity contribution in [2.45, 2.75) is 32.2 Å². The number of rotatable bonds is 2. The highest BCUT2D eigenvalue weighted by atomic mass is 32.2. The molecule has 2 aromatic rings. The van der Waals surface area contributed by atoms with Crippen molar-refractivity contribution in [3.8, 4) is 0 Å². The van der Waals surface area contributed by atoms with Gasteiger partial charge in [-0.1, -0.05) is 0 Å². The van der Waals surface area contributed by atoms with E-state index in [0.29, 0.717) is 0 Å². The molecule has 0 saturated carbocycles. The van der Waals surface area contributed by atoms with Crippen molar-refractivity contribution in [2.75, 3.05) is 5.75 Å². The van der Waals surface area contributed by atoms with Gasteiger partial charge in [0.2, 0.25) is 0 Å². The summed E-state index contributed by atoms with van der Waals surface area (Å²) in [6, 6.07) is 4.36. The number of ketones is 1. The van der Waals surface area contributed by atoms with Crippen LogP contribution in [0.1, 0.15) is 29.5 Å². The lowest BCUT2D eigenvalue weighted by atomic mass is 10.1. The van der Waals surface area contributed by atoms with E-state index in [4.69, 9.17) is 4.98 Å². The fourth-order valence-corrected chi connectivity index (χ4v) is 4.98. The van der Waals surface area contributed by atoms with Gasteiger partial charge in [0.25, 0.3) is 0 Å². The van der Waals surface area contributed by atoms with Gasteiger partial charge in [-0.3, -0.25) is 9.79 Å². The highest BCUT2D eigenvalue weighted by Crippen LogP contribution is 2.33. The molecule has 5 heteroatoms. The van der Waals surface area contributed by atoms with Crippen LogP contribution >= 0.6 is 23.1 Å². The average Bonchev–Trinajstić information content (AvgIpc) is 3.13. The first-order valence-corrected chi connectivity index (χ1v) is 8.65. The van der Waals surface area contributed by atoms with E-state index in [1.807, 2.05) is 0 Å². The molecule has 0 N–H and O–H groups in total. The summed E-state index contributed by atoms with van der Waals surface area (Å²) < 4.78 is 1.25. The fourth-order valence-electron chi connectivity index (χ4n) is 2.78. The second-order valence-corrected chi connectivity index (χ2v) is 7.37. The van der Waals surface area contributed by atoms with Crippen molar-refractivity contribution < 1.29 is 4.79 Å². The van der Waals surface area contributed by atoms with E-state index in [-0.39, 0.29) is 11.8 Å². The van der Waals surface area contributed by atoms with Crippen molar-refractivity contribution in [3.05, 3.63) is 28.3 Å². The van der Waals surface area contributed by atoms with Gasteiger partial charge in [-0.25, -0.2) is 4.98 Å². The quantitative estimate of drug-likeness (QED) is 0.855. The Morgan fingerprint density at radius 3 is 2.85 bits per heavy atom. The zero-order valence-corrected chi connectivity index (χ0v) is 12.8. The second-order valence-electron chi connectivity index (χ2n) is 5.33. The lowest BCUT2D eigenvalue weighted by Gasteiger charge is -1.96. The molecule has 2 aliphatic rings. The molecule has 1 aliphatic heterocycles. The zero-order valence-electron chi connectivity index (χ0n) is 11.2. The molecule has 0 amide bonds. The topological polar surface area (TPSA) is 42.3 Å². The number of aromatic nitrogens is 1. The van der Waals surface area contributed by atoms with E-state index < -0.39 is 0 Å². The van der Waals surface area contributed by atoms with E-state index in [9.17, 15) is 4.79 Å². The van der Waals surface area contributed by atoms with Crippen LogP contribution in [-0.4, -0.2) is 27.6 Å². The zero-order chi connectivity index (χ0) is 13.7. The van der Waals surface area contributed by atoms with Crippen molar-refractivity contribution in [3.63, 3.8) is 0 Å². The number of aliphatic imine (C=N–C) groups is 1. The number of hydrogen-bond donors (Lipinski definition) is 0. The molecule has 1 aromatic heterocycles. The number of fused-ring (bicyclic) bond motifs is 2. The van der Waals surface area contributed by atoms with E-state index >= 15 is 0 Å². The van der Waals surface area contributed by atoms with Gasteiger partial charge < -0.3 is 0 Å². The van der Waals surface area contributed by atoms with Gasteiger partial charge in [0.05, 0.1) is 10.2 Å². The average molecular weight is 302 g/mol. The van der Waals surface area contributed by atoms with Crippen LogP contribution in [0, 0.1) is 0 Å². The minimum atomic E-state index is -0.174. The molecule has 0 fully saturated rings. The van der Waals surface area contributed by atoms with Crippen LogP contribution in [0.4, 0.5) is 0 Å². The molecule has 0 saturated heterocycles. The Kier molecular flexibility index (Phi) is 2.93. The SMILES string of the molecule is CC(=O)[C@H]1CSC(c2nc3cc4c(cc3s2)CCC4)=N1. The van der Waals surface area contributed by atoms with Gasteiger partial charge in [-0.2, -0.15) is 0 Å². The lowest BCUT2D eigenvalue weighted by Crippen LogP contribution is -2.14. The van der Waals surface area contributed by atoms with E-state index in [0.717, 1.165) is 21.3 Å². The number of carbonyl (C=O) groups excluding carboxylic acids is 1. The largest absolute Gasteiger partial charge is 0.298 e. The lowest BCUT2D eigenvalue weighted by molar-refractivity contribution is -0.117. The smallest absolute Gasteiger partial charge is 0.155 e. The molecule has 3 nitrogen and oxygen atoms in total. The van der Waals surface area contributed by atoms with Crippen LogP contribution in [0.15, 0.2) is 17.1 Å². The number of Topliss-reactive ketones (excluding diaryl/α,β-unsaturated/α-hetero) is 1. The molecule has 1 aliphatic carbocycles. The molecule has 1 aromatic carbocycles. The number of nitrogens with zero attached hydrogens (tertiary/aromatic N) is 2. The molecular weight excluding hydrogens is 288 g/mol. The highest BCUT2D eigenvalue weighted by Gasteiger charge is 2.25. The van der Waals surface area contributed by atoms with Gasteiger partial charge >= 0.3 is 0 Å². The van der Waals surface area contributed by atoms with Crippen molar-refractivity contribution in [1.82, 2.24) is 4.98 Å². The van der Waals surface area contributed by atoms with Gasteiger partial charge in [0, 0.05) is 5.75 Å². The predicted octanol–water partition coefficient (Wildman–Crippen LogP) is 3.24. The summed E-state index contributed by atoms with van der Waals surface area (Å²) in [5.41, 5.74) is 4.02. The Morgan fingerprint density at radius 2 is 2.10 bits per heavy atom. The number of aryl methyl sites for hydroxylation is 2. The van der Waals surface area contributed by atoms with Crippen molar-refractivity contribution in [2.24, 2.45) is 4.99 Å². The van der Waals surface area contributed by atoms with Crippen LogP contribution < -0.4 is 0 Å². The van der Waals surface area contributed by atoms with E-state index in [1.54, 1.807) is 30.0 Å². The standard InChI is InChI=1S/C15H14N2OS2/c1-8(18)12-7-19-14(17-12)15-16-11-5-9-3-2-4-10(9)6-13(11)20-15/h5-6,12H,2-4,7H2,1H3/t12-/m1/s1. The van der Waals surface area contributed by atoms with Crippen molar-refractivity contribution >= 4 is 44.1 Å². The van der Waals surface area contributed by atoms with Gasteiger partial charge in [0.1, 0.15) is 16.1 Å². The van der Waals surface area contributed by atoms with Crippen LogP contribution in [0.5, 0.6) is 0 Å². The highest BCUT2D eigenvalue weighted by molar-refractivity contribution is 8.15. The fraction of sp³-hybridized carbons (Fsp3) is 0.400. The molecule has 0 radical (unpaired) electrons. The first-order valence-electron chi connectivity index (χ1n) is 6.84. The Hall–Kier alpha value is -1.20. The number of thioether (sulfide) groups is 1. The first-order chi connectivity index (χ1) is 9.70. The Labute approximate surface area is 125 Å². The molecule has 1 atom stereocenters. The number of benzene rings is 1. The summed E-state index contributed by atoms with van der Waals surface area (Å²) in [6.45, 7) is 1.61. The Balaban J connectivity index is 1.75. The number of thiazole rings is 1. The van der Waals surface area contributed by atoms with E-state index in [1.165, 1.54) is 35.1 Å². The molecule has 0 unspecified atom stereocenters. The van der Waals surface area contributed by atoms with Crippen LogP contribution in [0.3, 0.4) is 0 Å². The first kappa shape index (κ1) is 12.5. The molecule has 102 valence electrons. The summed E-state index contributed by atoms with van der Waals surface area (Å²) in [5.74, 6) is 0.907. The summed E-state index contributed by atoms with van der Waals surface area (Å²) >= 11 is 3.35. The third-order valence-electron chi connectivity index (χ3n) is 3.91. The van der Waals surface area contributed by atoms with Gasteiger partial charge in [-0.15, -0.1) is 23.1 Å². The van der Waals surface area contributed by atoms with Crippen LogP contribution in [0.2, 0.25) is 0 Å². The third kappa shape index (κ3) is 2.00. The molecule has 0 spiro atoms. The monoisotopic (exact) mass is 302 g/mol. The molecule has 20 heavy (non-hydrogen) atoms. The summed E-state index contributed by atoms with van der Waals surface area (Å²) in [5, 5.41) is 1.91. The van der Waals surface area contributed by atoms with Gasteiger partial charge in [0.15, 0.2) is 5.78 Å². The summed E-state index contributed by atoms with van der Waals surface area (Å²) in [4.78, 5) is 20.6. The molecular formula is C15H14N2OS2. The summed E-state index contributed by atoms with van der Waals surface area (Å²) in [6.07, 6.45) is 3.64. The van der Waals surface area contributed by atoms with Crippen LogP contribution in [-0.2, 0) is 17.6 Å². The normalized spacial score (nSPS) is 21.2. The Bertz CT molecular complexity index is 707. The second kappa shape index (κ2) is 4.67. The third-order valence-corrected chi connectivity index (χ3v) is 6.11. The number of hydrogen-bond acceptors (Lipinski definition) is 5. The van der Waals surface area contributed by atoms with Crippen LogP contribution in [0.25, 0.3) is 10.2 Å². The maximum absolute atomic E-state index is 11.4. The molecule has 2 heterocycles. The minimum Gasteiger partial charge on any atom is -0.298 e. The number of carbonyl (C=O) groups is 1. The molecule has 4 rings (SSSR count). The van der Waals surface area contributed by atoms with E-state index in [2.05, 4.69) is 17.1 Å². The minimum absolute atomic E-state index is 0.146. The van der Waals surface area contributed by atoms with Crippen molar-refractivity contribution in [1.29, 1.82) is 0 Å². The molecule has 0 bridgehead atoms. The van der Waals surface area contributed by atoms with Gasteiger partial charge in [-0.05, 0) is 49.4 Å². The maximum atomic E-state index is 11.4. The predicted molar refractivity (Wildman–Crippen MR) is 85.1 cm³/mol.